The maximum absolute atomic E-state index is 12.0. The lowest BCUT2D eigenvalue weighted by molar-refractivity contribution is -0.115. The molecule has 0 aliphatic heterocycles. The number of methoxy groups -OCH3 is 1. The summed E-state index contributed by atoms with van der Waals surface area (Å²) in [5.74, 6) is 0.637. The summed E-state index contributed by atoms with van der Waals surface area (Å²) in [4.78, 5) is 12.0. The van der Waals surface area contributed by atoms with E-state index in [0.29, 0.717) is 23.7 Å². The number of nitrogens with one attached hydrogen (secondary N) is 2. The van der Waals surface area contributed by atoms with Gasteiger partial charge in [-0.3, -0.25) is 4.79 Å². The largest absolute Gasteiger partial charge is 0.495 e. The van der Waals surface area contributed by atoms with Crippen molar-refractivity contribution in [2.45, 2.75) is 26.7 Å². The molecule has 0 aromatic heterocycles. The predicted molar refractivity (Wildman–Crippen MR) is 100 cm³/mol. The molecule has 0 unspecified atom stereocenters. The van der Waals surface area contributed by atoms with E-state index in [1.807, 2.05) is 37.3 Å². The van der Waals surface area contributed by atoms with Gasteiger partial charge in [0, 0.05) is 29.7 Å². The Morgan fingerprint density at radius 2 is 1.92 bits per heavy atom. The van der Waals surface area contributed by atoms with Gasteiger partial charge in [-0.1, -0.05) is 30.7 Å². The van der Waals surface area contributed by atoms with Crippen LogP contribution >= 0.6 is 11.6 Å². The van der Waals surface area contributed by atoms with Crippen LogP contribution in [0.5, 0.6) is 5.75 Å². The zero-order chi connectivity index (χ0) is 17.5. The molecule has 5 heteroatoms. The fraction of sp³-hybridized carbons (Fsp3) is 0.316. The molecule has 0 aliphatic rings. The Bertz CT molecular complexity index is 699. The van der Waals surface area contributed by atoms with Crippen LogP contribution < -0.4 is 15.4 Å². The summed E-state index contributed by atoms with van der Waals surface area (Å²) in [5, 5.41) is 6.78. The first-order chi connectivity index (χ1) is 11.5. The van der Waals surface area contributed by atoms with Gasteiger partial charge in [0.1, 0.15) is 5.75 Å². The highest BCUT2D eigenvalue weighted by atomic mass is 35.5. The lowest BCUT2D eigenvalue weighted by Crippen LogP contribution is -2.16. The number of amides is 1. The first-order valence-corrected chi connectivity index (χ1v) is 8.38. The minimum absolute atomic E-state index is 0.0311. The Balaban J connectivity index is 1.87. The molecular weight excluding hydrogens is 324 g/mol. The number of halogens is 1. The summed E-state index contributed by atoms with van der Waals surface area (Å²) in [6, 6.07) is 11.6. The van der Waals surface area contributed by atoms with Gasteiger partial charge in [-0.15, -0.1) is 0 Å². The van der Waals surface area contributed by atoms with Crippen molar-refractivity contribution in [2.75, 3.05) is 24.3 Å². The van der Waals surface area contributed by atoms with Gasteiger partial charge in [0.15, 0.2) is 0 Å². The number of ether oxygens (including phenoxy) is 1. The van der Waals surface area contributed by atoms with E-state index in [2.05, 4.69) is 17.6 Å². The zero-order valence-corrected chi connectivity index (χ0v) is 15.0. The van der Waals surface area contributed by atoms with Crippen LogP contribution in [0, 0.1) is 6.92 Å². The van der Waals surface area contributed by atoms with Crippen molar-refractivity contribution in [1.82, 2.24) is 0 Å². The maximum atomic E-state index is 12.0. The van der Waals surface area contributed by atoms with Gasteiger partial charge in [0.05, 0.1) is 12.8 Å². The second-order valence-electron chi connectivity index (χ2n) is 5.58. The Morgan fingerprint density at radius 1 is 1.21 bits per heavy atom. The summed E-state index contributed by atoms with van der Waals surface area (Å²) in [5.41, 5.74) is 3.86. The molecule has 0 radical (unpaired) electrons. The second-order valence-corrected chi connectivity index (χ2v) is 5.98. The van der Waals surface area contributed by atoms with Crippen molar-refractivity contribution < 1.29 is 9.53 Å². The molecule has 128 valence electrons. The number of aryl methyl sites for hydroxylation is 2. The SMILES string of the molecule is CCc1ccc(NC(=O)CCNc2cc(C)c(Cl)cc2OC)cc1. The molecule has 0 fully saturated rings. The quantitative estimate of drug-likeness (QED) is 0.766. The average Bonchev–Trinajstić information content (AvgIpc) is 2.58. The van der Waals surface area contributed by atoms with E-state index in [-0.39, 0.29) is 5.91 Å². The smallest absolute Gasteiger partial charge is 0.226 e. The molecule has 4 nitrogen and oxygen atoms in total. The minimum Gasteiger partial charge on any atom is -0.495 e. The molecule has 0 heterocycles. The minimum atomic E-state index is -0.0311. The molecule has 0 saturated heterocycles. The van der Waals surface area contributed by atoms with E-state index in [4.69, 9.17) is 16.3 Å². The third kappa shape index (κ3) is 4.90. The normalized spacial score (nSPS) is 10.3. The van der Waals surface area contributed by atoms with E-state index in [1.165, 1.54) is 5.56 Å². The number of carbonyl (C=O) groups excluding carboxylic acids is 1. The van der Waals surface area contributed by atoms with E-state index >= 15 is 0 Å². The molecule has 1 amide bonds. The summed E-state index contributed by atoms with van der Waals surface area (Å²) in [6.45, 7) is 4.54. The maximum Gasteiger partial charge on any atom is 0.226 e. The highest BCUT2D eigenvalue weighted by Gasteiger charge is 2.08. The number of anilines is 2. The van der Waals surface area contributed by atoms with Gasteiger partial charge in [-0.2, -0.15) is 0 Å². The molecule has 2 rings (SSSR count). The molecule has 0 bridgehead atoms. The zero-order valence-electron chi connectivity index (χ0n) is 14.3. The van der Waals surface area contributed by atoms with Crippen LogP contribution in [-0.2, 0) is 11.2 Å². The topological polar surface area (TPSA) is 50.4 Å². The molecule has 2 aromatic carbocycles. The Morgan fingerprint density at radius 3 is 2.54 bits per heavy atom. The van der Waals surface area contributed by atoms with Crippen molar-refractivity contribution in [3.05, 3.63) is 52.5 Å². The van der Waals surface area contributed by atoms with Crippen LogP contribution in [0.3, 0.4) is 0 Å². The molecule has 0 aliphatic carbocycles. The van der Waals surface area contributed by atoms with E-state index < -0.39 is 0 Å². The van der Waals surface area contributed by atoms with E-state index in [9.17, 15) is 4.79 Å². The van der Waals surface area contributed by atoms with Gasteiger partial charge in [-0.25, -0.2) is 0 Å². The Kier molecular flexibility index (Phi) is 6.50. The van der Waals surface area contributed by atoms with Gasteiger partial charge < -0.3 is 15.4 Å². The van der Waals surface area contributed by atoms with Crippen LogP contribution in [0.1, 0.15) is 24.5 Å². The number of benzene rings is 2. The van der Waals surface area contributed by atoms with Crippen molar-refractivity contribution in [2.24, 2.45) is 0 Å². The van der Waals surface area contributed by atoms with Crippen LogP contribution in [0.15, 0.2) is 36.4 Å². The molecule has 24 heavy (non-hydrogen) atoms. The molecular formula is C19H23ClN2O2. The van der Waals surface area contributed by atoms with Crippen LogP contribution in [0.2, 0.25) is 5.02 Å². The lowest BCUT2D eigenvalue weighted by atomic mass is 10.1. The number of hydrogen-bond acceptors (Lipinski definition) is 3. The van der Waals surface area contributed by atoms with E-state index in [0.717, 1.165) is 23.4 Å². The van der Waals surface area contributed by atoms with Crippen molar-refractivity contribution in [1.29, 1.82) is 0 Å². The highest BCUT2D eigenvalue weighted by molar-refractivity contribution is 6.31. The molecule has 0 spiro atoms. The van der Waals surface area contributed by atoms with Crippen LogP contribution in [-0.4, -0.2) is 19.6 Å². The highest BCUT2D eigenvalue weighted by Crippen LogP contribution is 2.30. The number of hydrogen-bond donors (Lipinski definition) is 2. The number of carbonyl (C=O) groups is 1. The monoisotopic (exact) mass is 346 g/mol. The van der Waals surface area contributed by atoms with Crippen LogP contribution in [0.25, 0.3) is 0 Å². The summed E-state index contributed by atoms with van der Waals surface area (Å²) < 4.78 is 5.31. The van der Waals surface area contributed by atoms with Crippen LogP contribution in [0.4, 0.5) is 11.4 Å². The summed E-state index contributed by atoms with van der Waals surface area (Å²) in [6.07, 6.45) is 1.35. The fourth-order valence-corrected chi connectivity index (χ4v) is 2.48. The van der Waals surface area contributed by atoms with Gasteiger partial charge >= 0.3 is 0 Å². The standard InChI is InChI=1S/C19H23ClN2O2/c1-4-14-5-7-15(8-6-14)22-19(23)9-10-21-17-11-13(2)16(20)12-18(17)24-3/h5-8,11-12,21H,4,9-10H2,1-3H3,(H,22,23). The number of rotatable bonds is 7. The van der Waals surface area contributed by atoms with Crippen molar-refractivity contribution >= 4 is 28.9 Å². The molecule has 2 aromatic rings. The summed E-state index contributed by atoms with van der Waals surface area (Å²) in [7, 11) is 1.60. The first-order valence-electron chi connectivity index (χ1n) is 8.00. The lowest BCUT2D eigenvalue weighted by Gasteiger charge is -2.13. The Labute approximate surface area is 148 Å². The summed E-state index contributed by atoms with van der Waals surface area (Å²) >= 11 is 6.09. The van der Waals surface area contributed by atoms with Crippen molar-refractivity contribution in [3.63, 3.8) is 0 Å². The molecule has 0 atom stereocenters. The molecule has 0 saturated carbocycles. The third-order valence-electron chi connectivity index (χ3n) is 3.79. The fourth-order valence-electron chi connectivity index (χ4n) is 2.33. The first kappa shape index (κ1) is 18.1. The van der Waals surface area contributed by atoms with Crippen molar-refractivity contribution in [3.8, 4) is 5.75 Å². The van der Waals surface area contributed by atoms with Gasteiger partial charge in [-0.05, 0) is 42.7 Å². The average molecular weight is 347 g/mol. The van der Waals surface area contributed by atoms with E-state index in [1.54, 1.807) is 13.2 Å². The second kappa shape index (κ2) is 8.60. The van der Waals surface area contributed by atoms with Gasteiger partial charge in [0.2, 0.25) is 5.91 Å². The predicted octanol–water partition coefficient (Wildman–Crippen LogP) is 4.66. The third-order valence-corrected chi connectivity index (χ3v) is 4.20. The molecule has 2 N–H and O–H groups in total. The Hall–Kier alpha value is -2.20. The van der Waals surface area contributed by atoms with Gasteiger partial charge in [0.25, 0.3) is 0 Å².